The molecule has 5 nitrogen and oxygen atoms in total. The Morgan fingerprint density at radius 2 is 1.97 bits per heavy atom. The molecule has 0 saturated heterocycles. The number of carbonyl (C=O) groups is 1. The van der Waals surface area contributed by atoms with Crippen molar-refractivity contribution in [1.29, 1.82) is 0 Å². The molecule has 0 unspecified atom stereocenters. The Bertz CT molecular complexity index is 1110. The maximum Gasteiger partial charge on any atom is 0.433 e. The van der Waals surface area contributed by atoms with Crippen molar-refractivity contribution in [1.82, 2.24) is 14.9 Å². The number of benzene rings is 1. The first-order chi connectivity index (χ1) is 14.7. The minimum absolute atomic E-state index is 0.0577. The third-order valence-electron chi connectivity index (χ3n) is 5.52. The lowest BCUT2D eigenvalue weighted by atomic mass is 9.90. The third kappa shape index (κ3) is 4.95. The summed E-state index contributed by atoms with van der Waals surface area (Å²) >= 11 is 6.08. The number of rotatable bonds is 4. The largest absolute Gasteiger partial charge is 0.433 e. The second kappa shape index (κ2) is 8.42. The SMILES string of the molecule is Cn1ccc(C(=O)N[C@@H]2CCC[C@H](Nc3cc(C(F)(F)F)nc4ccc(Cl)cc34)C2)c1. The van der Waals surface area contributed by atoms with Crippen LogP contribution in [0.5, 0.6) is 0 Å². The predicted octanol–water partition coefficient (Wildman–Crippen LogP) is 5.40. The third-order valence-corrected chi connectivity index (χ3v) is 5.76. The number of anilines is 1. The zero-order valence-corrected chi connectivity index (χ0v) is 17.6. The van der Waals surface area contributed by atoms with Crippen LogP contribution in [0, 0.1) is 0 Å². The van der Waals surface area contributed by atoms with E-state index in [1.165, 1.54) is 12.1 Å². The van der Waals surface area contributed by atoms with E-state index in [4.69, 9.17) is 11.6 Å². The molecule has 31 heavy (non-hydrogen) atoms. The van der Waals surface area contributed by atoms with Gasteiger partial charge in [0.15, 0.2) is 0 Å². The molecule has 4 rings (SSSR count). The average molecular weight is 451 g/mol. The maximum absolute atomic E-state index is 13.4. The van der Waals surface area contributed by atoms with Crippen LogP contribution in [0.2, 0.25) is 5.02 Å². The van der Waals surface area contributed by atoms with Crippen molar-refractivity contribution in [2.45, 2.75) is 43.9 Å². The molecular weight excluding hydrogens is 429 g/mol. The van der Waals surface area contributed by atoms with Gasteiger partial charge < -0.3 is 15.2 Å². The lowest BCUT2D eigenvalue weighted by Gasteiger charge is -2.31. The number of nitrogens with one attached hydrogen (secondary N) is 2. The number of aromatic nitrogens is 2. The fraction of sp³-hybridized carbons (Fsp3) is 0.364. The summed E-state index contributed by atoms with van der Waals surface area (Å²) in [5, 5.41) is 7.26. The Balaban J connectivity index is 1.54. The van der Waals surface area contributed by atoms with E-state index < -0.39 is 11.9 Å². The van der Waals surface area contributed by atoms with Crippen LogP contribution in [-0.2, 0) is 13.2 Å². The summed E-state index contributed by atoms with van der Waals surface area (Å²) in [5.74, 6) is -0.147. The molecule has 1 fully saturated rings. The van der Waals surface area contributed by atoms with Gasteiger partial charge in [-0.2, -0.15) is 13.2 Å². The van der Waals surface area contributed by atoms with E-state index in [1.807, 2.05) is 7.05 Å². The van der Waals surface area contributed by atoms with Crippen molar-refractivity contribution >= 4 is 34.1 Å². The van der Waals surface area contributed by atoms with Gasteiger partial charge >= 0.3 is 6.18 Å². The predicted molar refractivity (Wildman–Crippen MR) is 114 cm³/mol. The second-order valence-electron chi connectivity index (χ2n) is 7.96. The molecule has 3 aromatic rings. The van der Waals surface area contributed by atoms with E-state index in [0.717, 1.165) is 25.3 Å². The molecule has 2 N–H and O–H groups in total. The number of pyridine rings is 1. The van der Waals surface area contributed by atoms with Crippen LogP contribution in [0.25, 0.3) is 10.9 Å². The molecular formula is C22H22ClF3N4O. The number of fused-ring (bicyclic) bond motifs is 1. The molecule has 2 atom stereocenters. The van der Waals surface area contributed by atoms with Gasteiger partial charge in [-0.3, -0.25) is 4.79 Å². The summed E-state index contributed by atoms with van der Waals surface area (Å²) < 4.78 is 41.9. The monoisotopic (exact) mass is 450 g/mol. The molecule has 0 bridgehead atoms. The van der Waals surface area contributed by atoms with Gasteiger partial charge in [-0.1, -0.05) is 11.6 Å². The number of hydrogen-bond donors (Lipinski definition) is 2. The van der Waals surface area contributed by atoms with Crippen molar-refractivity contribution in [3.05, 3.63) is 59.0 Å². The maximum atomic E-state index is 13.4. The van der Waals surface area contributed by atoms with Crippen molar-refractivity contribution in [3.63, 3.8) is 0 Å². The van der Waals surface area contributed by atoms with Crippen LogP contribution >= 0.6 is 11.6 Å². The molecule has 2 heterocycles. The van der Waals surface area contributed by atoms with Crippen LogP contribution in [0.4, 0.5) is 18.9 Å². The summed E-state index contributed by atoms with van der Waals surface area (Å²) in [6.07, 6.45) is 2.09. The zero-order chi connectivity index (χ0) is 22.2. The smallest absolute Gasteiger partial charge is 0.382 e. The van der Waals surface area contributed by atoms with Gasteiger partial charge in [-0.25, -0.2) is 4.98 Å². The molecule has 9 heteroatoms. The molecule has 0 spiro atoms. The highest BCUT2D eigenvalue weighted by Gasteiger charge is 2.34. The molecule has 1 amide bonds. The number of carbonyl (C=O) groups excluding carboxylic acids is 1. The van der Waals surface area contributed by atoms with E-state index in [0.29, 0.717) is 28.1 Å². The highest BCUT2D eigenvalue weighted by atomic mass is 35.5. The lowest BCUT2D eigenvalue weighted by Crippen LogP contribution is -2.41. The van der Waals surface area contributed by atoms with E-state index in [2.05, 4.69) is 15.6 Å². The normalized spacial score (nSPS) is 19.4. The molecule has 2 aromatic heterocycles. The van der Waals surface area contributed by atoms with Crippen LogP contribution in [0.3, 0.4) is 0 Å². The highest BCUT2D eigenvalue weighted by molar-refractivity contribution is 6.31. The molecule has 1 saturated carbocycles. The van der Waals surface area contributed by atoms with E-state index >= 15 is 0 Å². The van der Waals surface area contributed by atoms with Gasteiger partial charge in [0.05, 0.1) is 11.1 Å². The van der Waals surface area contributed by atoms with Crippen molar-refractivity contribution in [2.24, 2.45) is 7.05 Å². The van der Waals surface area contributed by atoms with Gasteiger partial charge in [0.1, 0.15) is 5.69 Å². The first-order valence-corrected chi connectivity index (χ1v) is 10.4. The fourth-order valence-corrected chi connectivity index (χ4v) is 4.21. The Hall–Kier alpha value is -2.74. The van der Waals surface area contributed by atoms with Crippen molar-refractivity contribution < 1.29 is 18.0 Å². The Morgan fingerprint density at radius 3 is 2.68 bits per heavy atom. The van der Waals surface area contributed by atoms with Crippen LogP contribution in [0.1, 0.15) is 41.7 Å². The summed E-state index contributed by atoms with van der Waals surface area (Å²) in [7, 11) is 1.85. The van der Waals surface area contributed by atoms with Gasteiger partial charge in [-0.15, -0.1) is 0 Å². The van der Waals surface area contributed by atoms with Gasteiger partial charge in [0.2, 0.25) is 0 Å². The van der Waals surface area contributed by atoms with Crippen LogP contribution in [-0.4, -0.2) is 27.5 Å². The minimum atomic E-state index is -4.55. The minimum Gasteiger partial charge on any atom is -0.382 e. The number of hydrogen-bond acceptors (Lipinski definition) is 3. The second-order valence-corrected chi connectivity index (χ2v) is 8.39. The zero-order valence-electron chi connectivity index (χ0n) is 16.8. The van der Waals surface area contributed by atoms with E-state index in [9.17, 15) is 18.0 Å². The Morgan fingerprint density at radius 1 is 1.19 bits per heavy atom. The van der Waals surface area contributed by atoms with Crippen LogP contribution < -0.4 is 10.6 Å². The summed E-state index contributed by atoms with van der Waals surface area (Å²) in [6.45, 7) is 0. The summed E-state index contributed by atoms with van der Waals surface area (Å²) in [4.78, 5) is 16.2. The first-order valence-electron chi connectivity index (χ1n) is 10.1. The van der Waals surface area contributed by atoms with Gasteiger partial charge in [0, 0.05) is 47.6 Å². The molecule has 164 valence electrons. The Kier molecular flexibility index (Phi) is 5.83. The standard InChI is InChI=1S/C22H22ClF3N4O/c1-30-8-7-13(12-30)21(31)28-16-4-2-3-15(10-16)27-19-11-20(22(24,25)26)29-18-6-5-14(23)9-17(18)19/h5-9,11-12,15-16H,2-4,10H2,1H3,(H,27,29)(H,28,31)/t15-,16+/m0/s1. The highest BCUT2D eigenvalue weighted by Crippen LogP contribution is 2.35. The molecule has 1 aliphatic rings. The van der Waals surface area contributed by atoms with Crippen LogP contribution in [0.15, 0.2) is 42.7 Å². The molecule has 0 aliphatic heterocycles. The van der Waals surface area contributed by atoms with E-state index in [-0.39, 0.29) is 23.5 Å². The number of nitrogens with zero attached hydrogens (tertiary/aromatic N) is 2. The quantitative estimate of drug-likeness (QED) is 0.559. The number of amides is 1. The summed E-state index contributed by atoms with van der Waals surface area (Å²) in [6, 6.07) is 7.27. The van der Waals surface area contributed by atoms with Crippen molar-refractivity contribution in [2.75, 3.05) is 5.32 Å². The molecule has 1 aromatic carbocycles. The number of aryl methyl sites for hydroxylation is 1. The van der Waals surface area contributed by atoms with E-state index in [1.54, 1.807) is 29.1 Å². The average Bonchev–Trinajstić information content (AvgIpc) is 3.14. The number of alkyl halides is 3. The number of halogens is 4. The topological polar surface area (TPSA) is 59.0 Å². The van der Waals surface area contributed by atoms with Crippen molar-refractivity contribution in [3.8, 4) is 0 Å². The first kappa shape index (κ1) is 21.5. The fourth-order valence-electron chi connectivity index (χ4n) is 4.04. The van der Waals surface area contributed by atoms with Gasteiger partial charge in [-0.05, 0) is 56.0 Å². The Labute approximate surface area is 182 Å². The lowest BCUT2D eigenvalue weighted by molar-refractivity contribution is -0.140. The molecule has 1 aliphatic carbocycles. The summed E-state index contributed by atoms with van der Waals surface area (Å²) in [5.41, 5.74) is 0.211. The molecule has 0 radical (unpaired) electrons. The van der Waals surface area contributed by atoms with Gasteiger partial charge in [0.25, 0.3) is 5.91 Å².